The first-order valence-corrected chi connectivity index (χ1v) is 6.74. The summed E-state index contributed by atoms with van der Waals surface area (Å²) >= 11 is 5.81. The van der Waals surface area contributed by atoms with Crippen LogP contribution in [0.15, 0.2) is 42.6 Å². The molecule has 0 radical (unpaired) electrons. The number of halogens is 1. The monoisotopic (exact) mass is 275 g/mol. The van der Waals surface area contributed by atoms with Gasteiger partial charge in [-0.3, -0.25) is 0 Å². The predicted octanol–water partition coefficient (Wildman–Crippen LogP) is 3.92. The molecule has 0 spiro atoms. The number of benzene rings is 1. The minimum Gasteiger partial charge on any atom is -0.396 e. The number of nitrogens with zero attached hydrogens (tertiary/aromatic N) is 1. The summed E-state index contributed by atoms with van der Waals surface area (Å²) < 4.78 is 0. The lowest BCUT2D eigenvalue weighted by Crippen LogP contribution is -2.08. The molecule has 0 saturated heterocycles. The van der Waals surface area contributed by atoms with E-state index in [1.54, 1.807) is 12.3 Å². The average molecular weight is 276 g/mol. The van der Waals surface area contributed by atoms with Gasteiger partial charge in [0.1, 0.15) is 5.82 Å². The molecule has 1 atom stereocenters. The number of nitrogens with two attached hydrogens (primary N) is 1. The van der Waals surface area contributed by atoms with Crippen molar-refractivity contribution in [3.63, 3.8) is 0 Å². The second kappa shape index (κ2) is 6.43. The van der Waals surface area contributed by atoms with Crippen LogP contribution >= 0.6 is 11.6 Å². The van der Waals surface area contributed by atoms with E-state index in [0.717, 1.165) is 13.0 Å². The third-order valence-electron chi connectivity index (χ3n) is 3.12. The number of aromatic nitrogens is 1. The number of nitrogens with one attached hydrogen (secondary N) is 1. The lowest BCUT2D eigenvalue weighted by Gasteiger charge is -2.13. The normalized spacial score (nSPS) is 12.1. The highest BCUT2D eigenvalue weighted by molar-refractivity contribution is 6.30. The van der Waals surface area contributed by atoms with E-state index < -0.39 is 0 Å². The highest BCUT2D eigenvalue weighted by Crippen LogP contribution is 2.21. The zero-order valence-corrected chi connectivity index (χ0v) is 11.7. The lowest BCUT2D eigenvalue weighted by molar-refractivity contribution is 0.705. The highest BCUT2D eigenvalue weighted by Gasteiger charge is 2.06. The molecule has 2 aromatic rings. The summed E-state index contributed by atoms with van der Waals surface area (Å²) in [6, 6.07) is 12.2. The number of pyridine rings is 1. The summed E-state index contributed by atoms with van der Waals surface area (Å²) in [4.78, 5) is 4.18. The molecule has 0 aliphatic rings. The van der Waals surface area contributed by atoms with Crippen molar-refractivity contribution in [3.05, 3.63) is 53.2 Å². The van der Waals surface area contributed by atoms with Crippen LogP contribution in [0.1, 0.15) is 24.8 Å². The maximum atomic E-state index is 5.84. The Hall–Kier alpha value is -1.74. The van der Waals surface area contributed by atoms with Crippen molar-refractivity contribution in [2.75, 3.05) is 17.6 Å². The van der Waals surface area contributed by atoms with Gasteiger partial charge in [-0.05, 0) is 24.0 Å². The van der Waals surface area contributed by atoms with E-state index in [0.29, 0.717) is 22.4 Å². The largest absolute Gasteiger partial charge is 0.396 e. The molecule has 2 rings (SSSR count). The predicted molar refractivity (Wildman–Crippen MR) is 81.6 cm³/mol. The maximum absolute atomic E-state index is 5.84. The van der Waals surface area contributed by atoms with Crippen molar-refractivity contribution in [1.29, 1.82) is 0 Å². The number of rotatable bonds is 5. The Labute approximate surface area is 118 Å². The minimum atomic E-state index is 0.502. The number of anilines is 2. The molecule has 1 aromatic heterocycles. The van der Waals surface area contributed by atoms with E-state index in [4.69, 9.17) is 17.3 Å². The summed E-state index contributed by atoms with van der Waals surface area (Å²) in [6.07, 6.45) is 2.62. The van der Waals surface area contributed by atoms with Gasteiger partial charge in [-0.1, -0.05) is 48.9 Å². The molecule has 0 amide bonds. The lowest BCUT2D eigenvalue weighted by atomic mass is 9.98. The van der Waals surface area contributed by atoms with E-state index in [-0.39, 0.29) is 0 Å². The summed E-state index contributed by atoms with van der Waals surface area (Å²) in [5.74, 6) is 1.20. The first-order chi connectivity index (χ1) is 9.16. The SMILES string of the molecule is CC(CCNc1ncc(Cl)cc1N)c1ccccc1. The van der Waals surface area contributed by atoms with E-state index in [9.17, 15) is 0 Å². The fraction of sp³-hybridized carbons (Fsp3) is 0.267. The quantitative estimate of drug-likeness (QED) is 0.869. The molecule has 3 N–H and O–H groups in total. The third kappa shape index (κ3) is 3.86. The number of hydrogen-bond acceptors (Lipinski definition) is 3. The molecule has 1 unspecified atom stereocenters. The molecule has 3 nitrogen and oxygen atoms in total. The van der Waals surface area contributed by atoms with Crippen LogP contribution in [0.4, 0.5) is 11.5 Å². The van der Waals surface area contributed by atoms with Gasteiger partial charge in [-0.2, -0.15) is 0 Å². The fourth-order valence-electron chi connectivity index (χ4n) is 1.96. The van der Waals surface area contributed by atoms with Crippen LogP contribution in [0, 0.1) is 0 Å². The van der Waals surface area contributed by atoms with Crippen molar-refractivity contribution >= 4 is 23.1 Å². The first-order valence-electron chi connectivity index (χ1n) is 6.36. The molecule has 0 bridgehead atoms. The zero-order chi connectivity index (χ0) is 13.7. The Bertz CT molecular complexity index is 528. The summed E-state index contributed by atoms with van der Waals surface area (Å²) in [5.41, 5.74) is 7.77. The van der Waals surface area contributed by atoms with Crippen molar-refractivity contribution in [1.82, 2.24) is 4.98 Å². The molecule has 19 heavy (non-hydrogen) atoms. The fourth-order valence-corrected chi connectivity index (χ4v) is 2.12. The summed E-state index contributed by atoms with van der Waals surface area (Å²) in [5, 5.41) is 3.80. The van der Waals surface area contributed by atoms with Crippen LogP contribution in [0.25, 0.3) is 0 Å². The average Bonchev–Trinajstić information content (AvgIpc) is 2.42. The Morgan fingerprint density at radius 2 is 2.05 bits per heavy atom. The van der Waals surface area contributed by atoms with Crippen LogP contribution in [-0.4, -0.2) is 11.5 Å². The van der Waals surface area contributed by atoms with Crippen LogP contribution in [0.2, 0.25) is 5.02 Å². The van der Waals surface area contributed by atoms with Crippen molar-refractivity contribution < 1.29 is 0 Å². The van der Waals surface area contributed by atoms with E-state index >= 15 is 0 Å². The van der Waals surface area contributed by atoms with Gasteiger partial charge in [0.15, 0.2) is 0 Å². The Balaban J connectivity index is 1.86. The maximum Gasteiger partial charge on any atom is 0.149 e. The van der Waals surface area contributed by atoms with Crippen LogP contribution in [-0.2, 0) is 0 Å². The molecule has 0 aliphatic carbocycles. The van der Waals surface area contributed by atoms with Gasteiger partial charge < -0.3 is 11.1 Å². The van der Waals surface area contributed by atoms with Crippen LogP contribution in [0.3, 0.4) is 0 Å². The van der Waals surface area contributed by atoms with Gasteiger partial charge in [-0.25, -0.2) is 4.98 Å². The zero-order valence-electron chi connectivity index (χ0n) is 10.9. The van der Waals surface area contributed by atoms with Gasteiger partial charge >= 0.3 is 0 Å². The third-order valence-corrected chi connectivity index (χ3v) is 3.33. The van der Waals surface area contributed by atoms with Gasteiger partial charge in [0, 0.05) is 12.7 Å². The molecule has 0 saturated carbocycles. The molecule has 4 heteroatoms. The van der Waals surface area contributed by atoms with Gasteiger partial charge in [-0.15, -0.1) is 0 Å². The molecule has 1 aromatic carbocycles. The standard InChI is InChI=1S/C15H18ClN3/c1-11(12-5-3-2-4-6-12)7-8-18-15-14(17)9-13(16)10-19-15/h2-6,9-11H,7-8,17H2,1H3,(H,18,19). The second-order valence-electron chi connectivity index (χ2n) is 4.62. The summed E-state index contributed by atoms with van der Waals surface area (Å²) in [7, 11) is 0. The number of hydrogen-bond donors (Lipinski definition) is 2. The van der Waals surface area contributed by atoms with Gasteiger partial charge in [0.2, 0.25) is 0 Å². The Morgan fingerprint density at radius 1 is 1.32 bits per heavy atom. The summed E-state index contributed by atoms with van der Waals surface area (Å²) in [6.45, 7) is 3.05. The van der Waals surface area contributed by atoms with Crippen molar-refractivity contribution in [3.8, 4) is 0 Å². The first kappa shape index (κ1) is 13.7. The molecule has 0 fully saturated rings. The Morgan fingerprint density at radius 3 is 2.74 bits per heavy atom. The van der Waals surface area contributed by atoms with Crippen LogP contribution < -0.4 is 11.1 Å². The molecule has 1 heterocycles. The molecular formula is C15H18ClN3. The van der Waals surface area contributed by atoms with Crippen molar-refractivity contribution in [2.45, 2.75) is 19.3 Å². The van der Waals surface area contributed by atoms with E-state index in [1.807, 2.05) is 6.07 Å². The molecule has 0 aliphatic heterocycles. The highest BCUT2D eigenvalue weighted by atomic mass is 35.5. The molecule has 100 valence electrons. The molecular weight excluding hydrogens is 258 g/mol. The second-order valence-corrected chi connectivity index (χ2v) is 5.05. The van der Waals surface area contributed by atoms with E-state index in [1.165, 1.54) is 5.56 Å². The number of nitrogen functional groups attached to an aromatic ring is 1. The van der Waals surface area contributed by atoms with Crippen LogP contribution in [0.5, 0.6) is 0 Å². The van der Waals surface area contributed by atoms with E-state index in [2.05, 4.69) is 41.5 Å². The minimum absolute atomic E-state index is 0.502. The van der Waals surface area contributed by atoms with Gasteiger partial charge in [0.25, 0.3) is 0 Å². The van der Waals surface area contributed by atoms with Crippen molar-refractivity contribution in [2.24, 2.45) is 0 Å². The Kier molecular flexibility index (Phi) is 4.63. The topological polar surface area (TPSA) is 50.9 Å². The van der Waals surface area contributed by atoms with Gasteiger partial charge in [0.05, 0.1) is 10.7 Å². The smallest absolute Gasteiger partial charge is 0.149 e.